The Hall–Kier alpha value is -0.590. The van der Waals surface area contributed by atoms with Gasteiger partial charge in [-0.15, -0.1) is 0 Å². The van der Waals surface area contributed by atoms with Gasteiger partial charge in [0.25, 0.3) is 0 Å². The molecule has 0 amide bonds. The van der Waals surface area contributed by atoms with Gasteiger partial charge < -0.3 is 4.74 Å². The van der Waals surface area contributed by atoms with Crippen molar-refractivity contribution in [3.05, 3.63) is 28.2 Å². The summed E-state index contributed by atoms with van der Waals surface area (Å²) in [7, 11) is 0.775. The molecule has 106 valence electrons. The predicted octanol–water partition coefficient (Wildman–Crippen LogP) is 2.08. The smallest absolute Gasteiger partial charge is 0.151 e. The molecule has 1 aliphatic heterocycles. The van der Waals surface area contributed by atoms with Crippen molar-refractivity contribution >= 4 is 25.8 Å². The topological polar surface area (TPSA) is 46.6 Å². The van der Waals surface area contributed by atoms with Crippen LogP contribution in [0.2, 0.25) is 0 Å². The second-order valence-corrected chi connectivity index (χ2v) is 8.01. The van der Waals surface area contributed by atoms with Crippen LogP contribution in [-0.4, -0.2) is 45.0 Å². The largest absolute Gasteiger partial charge is 0.497 e. The Morgan fingerprint density at radius 2 is 2.21 bits per heavy atom. The third-order valence-corrected chi connectivity index (χ3v) is 6.03. The van der Waals surface area contributed by atoms with Crippen LogP contribution in [0.25, 0.3) is 0 Å². The quantitative estimate of drug-likeness (QED) is 0.836. The van der Waals surface area contributed by atoms with Crippen LogP contribution in [0, 0.1) is 0 Å². The van der Waals surface area contributed by atoms with Gasteiger partial charge in [-0.3, -0.25) is 4.90 Å². The van der Waals surface area contributed by atoms with Gasteiger partial charge in [0.2, 0.25) is 0 Å². The fraction of sp³-hybridized carbons (Fsp3) is 0.538. The molecule has 4 nitrogen and oxygen atoms in total. The van der Waals surface area contributed by atoms with E-state index in [0.717, 1.165) is 22.2 Å². The molecule has 0 bridgehead atoms. The van der Waals surface area contributed by atoms with Gasteiger partial charge in [-0.2, -0.15) is 0 Å². The van der Waals surface area contributed by atoms with Crippen LogP contribution in [0.15, 0.2) is 22.7 Å². The van der Waals surface area contributed by atoms with E-state index in [0.29, 0.717) is 12.3 Å². The lowest BCUT2D eigenvalue weighted by Gasteiger charge is -2.23. The lowest BCUT2D eigenvalue weighted by Crippen LogP contribution is -2.32. The highest BCUT2D eigenvalue weighted by Gasteiger charge is 2.30. The average molecular weight is 348 g/mol. The van der Waals surface area contributed by atoms with Crippen LogP contribution in [0.1, 0.15) is 12.0 Å². The molecule has 0 aliphatic carbocycles. The van der Waals surface area contributed by atoms with Gasteiger partial charge in [0, 0.05) is 17.1 Å². The van der Waals surface area contributed by atoms with Crippen molar-refractivity contribution in [1.82, 2.24) is 4.90 Å². The predicted molar refractivity (Wildman–Crippen MR) is 79.2 cm³/mol. The molecular formula is C13H18BrNO3S. The van der Waals surface area contributed by atoms with Crippen molar-refractivity contribution in [2.24, 2.45) is 0 Å². The SMILES string of the molecule is COc1ccc(Br)c(CN(C)C2CCS(=O)(=O)C2)c1. The van der Waals surface area contributed by atoms with Crippen molar-refractivity contribution in [2.75, 3.05) is 25.7 Å². The standard InChI is InChI=1S/C13H18BrNO3S/c1-15(11-5-6-19(16,17)9-11)8-10-7-12(18-2)3-4-13(10)14/h3-4,7,11H,5-6,8-9H2,1-2H3. The molecule has 0 radical (unpaired) electrons. The van der Waals surface area contributed by atoms with Gasteiger partial charge in [0.15, 0.2) is 9.84 Å². The van der Waals surface area contributed by atoms with Gasteiger partial charge in [0.05, 0.1) is 18.6 Å². The number of hydrogen-bond acceptors (Lipinski definition) is 4. The molecule has 1 aromatic rings. The van der Waals surface area contributed by atoms with E-state index in [-0.39, 0.29) is 11.8 Å². The summed E-state index contributed by atoms with van der Waals surface area (Å²) in [5.41, 5.74) is 1.10. The van der Waals surface area contributed by atoms with E-state index in [1.807, 2.05) is 25.2 Å². The van der Waals surface area contributed by atoms with Crippen molar-refractivity contribution in [1.29, 1.82) is 0 Å². The fourth-order valence-corrected chi connectivity index (χ4v) is 4.50. The minimum absolute atomic E-state index is 0.114. The molecule has 1 fully saturated rings. The molecule has 0 N–H and O–H groups in total. The maximum absolute atomic E-state index is 11.5. The zero-order valence-corrected chi connectivity index (χ0v) is 13.5. The molecule has 1 unspecified atom stereocenters. The summed E-state index contributed by atoms with van der Waals surface area (Å²) in [6, 6.07) is 5.94. The molecule has 0 saturated carbocycles. The normalized spacial score (nSPS) is 21.8. The van der Waals surface area contributed by atoms with Crippen LogP contribution < -0.4 is 4.74 Å². The minimum atomic E-state index is -2.83. The number of sulfone groups is 1. The molecule has 1 saturated heterocycles. The van der Waals surface area contributed by atoms with Gasteiger partial charge in [-0.1, -0.05) is 15.9 Å². The zero-order chi connectivity index (χ0) is 14.0. The van der Waals surface area contributed by atoms with Crippen molar-refractivity contribution < 1.29 is 13.2 Å². The Labute approximate surface area is 122 Å². The number of ether oxygens (including phenoxy) is 1. The second-order valence-electron chi connectivity index (χ2n) is 4.93. The monoisotopic (exact) mass is 347 g/mol. The van der Waals surface area contributed by atoms with Crippen LogP contribution in [0.4, 0.5) is 0 Å². The third kappa shape index (κ3) is 3.70. The molecule has 1 atom stereocenters. The summed E-state index contributed by atoms with van der Waals surface area (Å²) < 4.78 is 29.2. The lowest BCUT2D eigenvalue weighted by atomic mass is 10.1. The van der Waals surface area contributed by atoms with Gasteiger partial charge in [-0.05, 0) is 37.2 Å². The Morgan fingerprint density at radius 1 is 1.47 bits per heavy atom. The molecule has 0 spiro atoms. The zero-order valence-electron chi connectivity index (χ0n) is 11.1. The lowest BCUT2D eigenvalue weighted by molar-refractivity contribution is 0.253. The van der Waals surface area contributed by atoms with Gasteiger partial charge >= 0.3 is 0 Å². The fourth-order valence-electron chi connectivity index (χ4n) is 2.32. The highest BCUT2D eigenvalue weighted by atomic mass is 79.9. The maximum atomic E-state index is 11.5. The first-order valence-corrected chi connectivity index (χ1v) is 8.76. The van der Waals surface area contributed by atoms with E-state index >= 15 is 0 Å². The van der Waals surface area contributed by atoms with E-state index in [1.165, 1.54) is 0 Å². The number of halogens is 1. The first-order valence-electron chi connectivity index (χ1n) is 6.14. The first-order chi connectivity index (χ1) is 8.91. The molecular weight excluding hydrogens is 330 g/mol. The van der Waals surface area contributed by atoms with Crippen LogP contribution in [0.3, 0.4) is 0 Å². The van der Waals surface area contributed by atoms with Crippen molar-refractivity contribution in [3.63, 3.8) is 0 Å². The average Bonchev–Trinajstić information content (AvgIpc) is 2.72. The third-order valence-electron chi connectivity index (χ3n) is 3.50. The maximum Gasteiger partial charge on any atom is 0.151 e. The molecule has 1 heterocycles. The number of benzene rings is 1. The second kappa shape index (κ2) is 5.81. The van der Waals surface area contributed by atoms with E-state index < -0.39 is 9.84 Å². The number of methoxy groups -OCH3 is 1. The van der Waals surface area contributed by atoms with Crippen LogP contribution in [0.5, 0.6) is 5.75 Å². The number of hydrogen-bond donors (Lipinski definition) is 0. The molecule has 19 heavy (non-hydrogen) atoms. The van der Waals surface area contributed by atoms with E-state index in [2.05, 4.69) is 20.8 Å². The van der Waals surface area contributed by atoms with E-state index in [4.69, 9.17) is 4.74 Å². The summed E-state index contributed by atoms with van der Waals surface area (Å²) in [6.07, 6.45) is 0.723. The molecule has 6 heteroatoms. The highest BCUT2D eigenvalue weighted by Crippen LogP contribution is 2.25. The number of nitrogens with zero attached hydrogens (tertiary/aromatic N) is 1. The van der Waals surface area contributed by atoms with Crippen molar-refractivity contribution in [3.8, 4) is 5.75 Å². The Kier molecular flexibility index (Phi) is 4.53. The molecule has 1 aliphatic rings. The van der Waals surface area contributed by atoms with Gasteiger partial charge in [0.1, 0.15) is 5.75 Å². The van der Waals surface area contributed by atoms with E-state index in [1.54, 1.807) is 7.11 Å². The summed E-state index contributed by atoms with van der Waals surface area (Å²) in [4.78, 5) is 2.10. The summed E-state index contributed by atoms with van der Waals surface area (Å²) in [6.45, 7) is 0.706. The Morgan fingerprint density at radius 3 is 2.79 bits per heavy atom. The summed E-state index contributed by atoms with van der Waals surface area (Å²) in [5.74, 6) is 1.39. The first kappa shape index (κ1) is 14.8. The van der Waals surface area contributed by atoms with Crippen LogP contribution >= 0.6 is 15.9 Å². The Balaban J connectivity index is 2.09. The summed E-state index contributed by atoms with van der Waals surface area (Å²) >= 11 is 3.52. The van der Waals surface area contributed by atoms with E-state index in [9.17, 15) is 8.42 Å². The summed E-state index contributed by atoms with van der Waals surface area (Å²) in [5, 5.41) is 0. The number of rotatable bonds is 4. The van der Waals surface area contributed by atoms with Gasteiger partial charge in [-0.25, -0.2) is 8.42 Å². The van der Waals surface area contributed by atoms with Crippen LogP contribution in [-0.2, 0) is 16.4 Å². The molecule has 2 rings (SSSR count). The molecule has 0 aromatic heterocycles. The van der Waals surface area contributed by atoms with Crippen molar-refractivity contribution in [2.45, 2.75) is 19.0 Å². The Bertz CT molecular complexity index is 559. The minimum Gasteiger partial charge on any atom is -0.497 e. The highest BCUT2D eigenvalue weighted by molar-refractivity contribution is 9.10. The molecule has 1 aromatic carbocycles.